The molecular weight excluding hydrogens is 294 g/mol. The first-order valence-electron chi connectivity index (χ1n) is 6.09. The minimum absolute atomic E-state index is 0.131. The molecule has 1 N–H and O–H groups in total. The molecule has 0 saturated carbocycles. The van der Waals surface area contributed by atoms with Gasteiger partial charge in [-0.3, -0.25) is 4.79 Å². The standard InChI is InChI=1S/C14H12ClN3OS/c1-18-10-5-3-2-4-9(10)17-13(18)8-16-14(19)11-6-7-12(15)20-11/h2-7H,8H2,1H3,(H,16,19). The van der Waals surface area contributed by atoms with Crippen LogP contribution in [-0.2, 0) is 13.6 Å². The summed E-state index contributed by atoms with van der Waals surface area (Å²) in [5.41, 5.74) is 1.98. The Bertz CT molecular complexity index is 778. The summed E-state index contributed by atoms with van der Waals surface area (Å²) in [5.74, 6) is 0.691. The Morgan fingerprint density at radius 2 is 2.15 bits per heavy atom. The van der Waals surface area contributed by atoms with Gasteiger partial charge in [0.2, 0.25) is 0 Å². The molecule has 6 heteroatoms. The van der Waals surface area contributed by atoms with Crippen molar-refractivity contribution in [1.82, 2.24) is 14.9 Å². The fraction of sp³-hybridized carbons (Fsp3) is 0.143. The van der Waals surface area contributed by atoms with E-state index in [1.807, 2.05) is 35.9 Å². The number of thiophene rings is 1. The first kappa shape index (κ1) is 13.1. The van der Waals surface area contributed by atoms with Gasteiger partial charge < -0.3 is 9.88 Å². The van der Waals surface area contributed by atoms with Crippen LogP contribution in [-0.4, -0.2) is 15.5 Å². The Balaban J connectivity index is 1.77. The second-order valence-electron chi connectivity index (χ2n) is 4.36. The fourth-order valence-electron chi connectivity index (χ4n) is 2.04. The van der Waals surface area contributed by atoms with E-state index in [9.17, 15) is 4.79 Å². The van der Waals surface area contributed by atoms with Gasteiger partial charge in [0.1, 0.15) is 5.82 Å². The second kappa shape index (κ2) is 5.26. The Morgan fingerprint density at radius 1 is 1.35 bits per heavy atom. The molecule has 20 heavy (non-hydrogen) atoms. The minimum atomic E-state index is -0.131. The quantitative estimate of drug-likeness (QED) is 0.807. The maximum absolute atomic E-state index is 12.0. The van der Waals surface area contributed by atoms with Crippen LogP contribution in [0.3, 0.4) is 0 Å². The molecule has 0 fully saturated rings. The van der Waals surface area contributed by atoms with E-state index in [4.69, 9.17) is 11.6 Å². The molecule has 0 aliphatic rings. The summed E-state index contributed by atoms with van der Waals surface area (Å²) in [4.78, 5) is 17.1. The van der Waals surface area contributed by atoms with Gasteiger partial charge in [0, 0.05) is 7.05 Å². The predicted molar refractivity (Wildman–Crippen MR) is 81.2 cm³/mol. The number of carbonyl (C=O) groups excluding carboxylic acids is 1. The highest BCUT2D eigenvalue weighted by atomic mass is 35.5. The highest BCUT2D eigenvalue weighted by Crippen LogP contribution is 2.21. The van der Waals surface area contributed by atoms with Crippen LogP contribution in [0.4, 0.5) is 0 Å². The van der Waals surface area contributed by atoms with Crippen LogP contribution in [0.2, 0.25) is 4.34 Å². The smallest absolute Gasteiger partial charge is 0.261 e. The molecule has 0 aliphatic carbocycles. The maximum atomic E-state index is 12.0. The first-order valence-corrected chi connectivity index (χ1v) is 7.28. The average Bonchev–Trinajstić information content (AvgIpc) is 3.01. The fourth-order valence-corrected chi connectivity index (χ4v) is 3.00. The van der Waals surface area contributed by atoms with Gasteiger partial charge in [0.25, 0.3) is 5.91 Å². The summed E-state index contributed by atoms with van der Waals surface area (Å²) in [6.07, 6.45) is 0. The van der Waals surface area contributed by atoms with Crippen LogP contribution in [0.5, 0.6) is 0 Å². The number of imidazole rings is 1. The van der Waals surface area contributed by atoms with Crippen molar-refractivity contribution in [3.8, 4) is 0 Å². The number of para-hydroxylation sites is 2. The van der Waals surface area contributed by atoms with E-state index in [-0.39, 0.29) is 5.91 Å². The van der Waals surface area contributed by atoms with E-state index in [0.29, 0.717) is 15.8 Å². The third-order valence-corrected chi connectivity index (χ3v) is 4.31. The number of rotatable bonds is 3. The molecule has 0 atom stereocenters. The van der Waals surface area contributed by atoms with Crippen LogP contribution in [0.1, 0.15) is 15.5 Å². The Hall–Kier alpha value is -1.85. The molecular formula is C14H12ClN3OS. The van der Waals surface area contributed by atoms with Crippen LogP contribution >= 0.6 is 22.9 Å². The van der Waals surface area contributed by atoms with Crippen LogP contribution in [0, 0.1) is 0 Å². The van der Waals surface area contributed by atoms with Gasteiger partial charge >= 0.3 is 0 Å². The molecule has 3 aromatic rings. The molecule has 102 valence electrons. The zero-order valence-corrected chi connectivity index (χ0v) is 12.3. The average molecular weight is 306 g/mol. The molecule has 0 unspecified atom stereocenters. The molecule has 2 aromatic heterocycles. The summed E-state index contributed by atoms with van der Waals surface area (Å²) < 4.78 is 2.59. The van der Waals surface area contributed by atoms with Crippen molar-refractivity contribution < 1.29 is 4.79 Å². The van der Waals surface area contributed by atoms with E-state index < -0.39 is 0 Å². The number of aromatic nitrogens is 2. The van der Waals surface area contributed by atoms with Gasteiger partial charge in [-0.25, -0.2) is 4.98 Å². The van der Waals surface area contributed by atoms with Crippen molar-refractivity contribution in [2.75, 3.05) is 0 Å². The Kier molecular flexibility index (Phi) is 3.46. The van der Waals surface area contributed by atoms with Crippen molar-refractivity contribution in [2.45, 2.75) is 6.54 Å². The molecule has 0 aliphatic heterocycles. The van der Waals surface area contributed by atoms with Crippen LogP contribution < -0.4 is 5.32 Å². The van der Waals surface area contributed by atoms with Crippen molar-refractivity contribution >= 4 is 39.9 Å². The number of hydrogen-bond acceptors (Lipinski definition) is 3. The molecule has 1 amide bonds. The van der Waals surface area contributed by atoms with Crippen LogP contribution in [0.25, 0.3) is 11.0 Å². The lowest BCUT2D eigenvalue weighted by Gasteiger charge is -2.04. The van der Waals surface area contributed by atoms with E-state index in [0.717, 1.165) is 16.9 Å². The lowest BCUT2D eigenvalue weighted by atomic mass is 10.3. The highest BCUT2D eigenvalue weighted by Gasteiger charge is 2.11. The van der Waals surface area contributed by atoms with Gasteiger partial charge in [-0.1, -0.05) is 23.7 Å². The Morgan fingerprint density at radius 3 is 2.85 bits per heavy atom. The number of amides is 1. The molecule has 4 nitrogen and oxygen atoms in total. The number of benzene rings is 1. The summed E-state index contributed by atoms with van der Waals surface area (Å²) in [5, 5.41) is 2.86. The third-order valence-electron chi connectivity index (χ3n) is 3.08. The Labute approximate surface area is 125 Å². The lowest BCUT2D eigenvalue weighted by molar-refractivity contribution is 0.0953. The number of hydrogen-bond donors (Lipinski definition) is 1. The number of aryl methyl sites for hydroxylation is 1. The van der Waals surface area contributed by atoms with Crippen molar-refractivity contribution in [1.29, 1.82) is 0 Å². The largest absolute Gasteiger partial charge is 0.344 e. The van der Waals surface area contributed by atoms with Crippen molar-refractivity contribution in [2.24, 2.45) is 7.05 Å². The number of nitrogens with one attached hydrogen (secondary N) is 1. The molecule has 3 rings (SSSR count). The molecule has 0 saturated heterocycles. The molecule has 0 spiro atoms. The normalized spacial score (nSPS) is 10.9. The van der Waals surface area contributed by atoms with Crippen molar-refractivity contribution in [3.63, 3.8) is 0 Å². The topological polar surface area (TPSA) is 46.9 Å². The number of halogens is 1. The zero-order chi connectivity index (χ0) is 14.1. The summed E-state index contributed by atoms with van der Waals surface area (Å²) in [6, 6.07) is 11.3. The number of carbonyl (C=O) groups is 1. The third kappa shape index (κ3) is 2.42. The first-order chi connectivity index (χ1) is 9.65. The summed E-state index contributed by atoms with van der Waals surface area (Å²) in [6.45, 7) is 0.388. The number of nitrogens with zero attached hydrogens (tertiary/aromatic N) is 2. The van der Waals surface area contributed by atoms with Gasteiger partial charge in [0.15, 0.2) is 0 Å². The molecule has 0 radical (unpaired) electrons. The van der Waals surface area contributed by atoms with Gasteiger partial charge in [-0.05, 0) is 24.3 Å². The van der Waals surface area contributed by atoms with E-state index in [1.54, 1.807) is 12.1 Å². The molecule has 2 heterocycles. The van der Waals surface area contributed by atoms with Crippen molar-refractivity contribution in [3.05, 3.63) is 51.4 Å². The van der Waals surface area contributed by atoms with Gasteiger partial charge in [0.05, 0.1) is 26.8 Å². The van der Waals surface area contributed by atoms with Gasteiger partial charge in [-0.15, -0.1) is 11.3 Å². The maximum Gasteiger partial charge on any atom is 0.261 e. The summed E-state index contributed by atoms with van der Waals surface area (Å²) in [7, 11) is 1.94. The van der Waals surface area contributed by atoms with E-state index >= 15 is 0 Å². The lowest BCUT2D eigenvalue weighted by Crippen LogP contribution is -2.23. The van der Waals surface area contributed by atoms with E-state index in [2.05, 4.69) is 10.3 Å². The van der Waals surface area contributed by atoms with E-state index in [1.165, 1.54) is 11.3 Å². The minimum Gasteiger partial charge on any atom is -0.344 e. The predicted octanol–water partition coefficient (Wildman–Crippen LogP) is 3.22. The number of fused-ring (bicyclic) bond motifs is 1. The van der Waals surface area contributed by atoms with Gasteiger partial charge in [-0.2, -0.15) is 0 Å². The van der Waals surface area contributed by atoms with Crippen LogP contribution in [0.15, 0.2) is 36.4 Å². The zero-order valence-electron chi connectivity index (χ0n) is 10.8. The highest BCUT2D eigenvalue weighted by molar-refractivity contribution is 7.17. The SMILES string of the molecule is Cn1c(CNC(=O)c2ccc(Cl)s2)nc2ccccc21. The molecule has 1 aromatic carbocycles. The monoisotopic (exact) mass is 305 g/mol. The summed E-state index contributed by atoms with van der Waals surface area (Å²) >= 11 is 7.09. The molecule has 0 bridgehead atoms. The second-order valence-corrected chi connectivity index (χ2v) is 6.08.